The molecule has 42 heavy (non-hydrogen) atoms. The van der Waals surface area contributed by atoms with E-state index in [0.717, 1.165) is 82.9 Å². The maximum Gasteiger partial charge on any atom is 0.253 e. The minimum absolute atomic E-state index is 0.102. The molecule has 3 aromatic rings. The lowest BCUT2D eigenvalue weighted by molar-refractivity contribution is -0.111. The first-order valence-corrected chi connectivity index (χ1v) is 15.2. The van der Waals surface area contributed by atoms with Crippen molar-refractivity contribution in [3.63, 3.8) is 0 Å². The molecule has 0 radical (unpaired) electrons. The van der Waals surface area contributed by atoms with E-state index in [-0.39, 0.29) is 11.8 Å². The highest BCUT2D eigenvalue weighted by Crippen LogP contribution is 2.30. The Balaban J connectivity index is 1.23. The molecule has 0 atom stereocenters. The molecule has 2 saturated heterocycles. The molecule has 3 aromatic carbocycles. The Hall–Kier alpha value is -3.94. The number of piperidine rings is 1. The molecule has 0 spiro atoms. The maximum absolute atomic E-state index is 13.5. The van der Waals surface area contributed by atoms with E-state index in [0.29, 0.717) is 23.7 Å². The van der Waals surface area contributed by atoms with Crippen molar-refractivity contribution >= 4 is 29.3 Å². The van der Waals surface area contributed by atoms with Crippen molar-refractivity contribution in [3.05, 3.63) is 102 Å². The Bertz CT molecular complexity index is 1310. The second-order valence-corrected chi connectivity index (χ2v) is 11.1. The third-order valence-corrected chi connectivity index (χ3v) is 8.10. The van der Waals surface area contributed by atoms with Gasteiger partial charge in [-0.05, 0) is 73.5 Å². The van der Waals surface area contributed by atoms with E-state index >= 15 is 0 Å². The average Bonchev–Trinajstić information content (AvgIpc) is 3.04. The van der Waals surface area contributed by atoms with Gasteiger partial charge >= 0.3 is 0 Å². The van der Waals surface area contributed by atoms with Crippen molar-refractivity contribution in [2.45, 2.75) is 25.7 Å². The van der Waals surface area contributed by atoms with Crippen LogP contribution < -0.4 is 15.5 Å². The van der Waals surface area contributed by atoms with Gasteiger partial charge in [0, 0.05) is 50.2 Å². The topological polar surface area (TPSA) is 73.9 Å². The Kier molecular flexibility index (Phi) is 10.8. The second kappa shape index (κ2) is 15.3. The highest BCUT2D eigenvalue weighted by Gasteiger charge is 2.24. The van der Waals surface area contributed by atoms with E-state index in [1.54, 1.807) is 6.08 Å². The van der Waals surface area contributed by atoms with Gasteiger partial charge in [-0.2, -0.15) is 0 Å². The maximum atomic E-state index is 13.5. The van der Waals surface area contributed by atoms with E-state index in [1.807, 2.05) is 48.5 Å². The van der Waals surface area contributed by atoms with Crippen LogP contribution in [0, 0.1) is 5.92 Å². The van der Waals surface area contributed by atoms with Crippen molar-refractivity contribution in [1.82, 2.24) is 10.2 Å². The van der Waals surface area contributed by atoms with Crippen LogP contribution in [0.3, 0.4) is 0 Å². The summed E-state index contributed by atoms with van der Waals surface area (Å²) in [6.45, 7) is 6.78. The van der Waals surface area contributed by atoms with Gasteiger partial charge in [0.05, 0.1) is 18.8 Å². The quantitative estimate of drug-likeness (QED) is 0.245. The fourth-order valence-corrected chi connectivity index (χ4v) is 5.74. The first-order valence-electron chi connectivity index (χ1n) is 15.2. The fraction of sp³-hybridized carbons (Fsp3) is 0.371. The number of morpholine rings is 1. The highest BCUT2D eigenvalue weighted by molar-refractivity contribution is 6.05. The number of nitrogens with zero attached hydrogens (tertiary/aromatic N) is 2. The second-order valence-electron chi connectivity index (χ2n) is 11.1. The summed E-state index contributed by atoms with van der Waals surface area (Å²) in [4.78, 5) is 30.9. The Labute approximate surface area is 249 Å². The van der Waals surface area contributed by atoms with Crippen molar-refractivity contribution in [1.29, 1.82) is 0 Å². The molecule has 2 aliphatic heterocycles. The number of ether oxygens (including phenoxy) is 1. The Morgan fingerprint density at radius 1 is 0.881 bits per heavy atom. The van der Waals surface area contributed by atoms with E-state index < -0.39 is 0 Å². The standard InChI is InChI=1S/C35H42N4O3/c40-34(15-12-28-8-3-1-4-9-28)37-31-13-14-33(39-20-16-30(17-21-39)26-29-10-5-2-6-11-29)32(27-31)35(41)36-18-7-19-38-22-24-42-25-23-38/h1-6,8-15,27,30H,7,16-26H2,(H,36,41)(H,37,40)/b15-12+. The van der Waals surface area contributed by atoms with Gasteiger partial charge in [-0.1, -0.05) is 60.7 Å². The molecule has 7 heteroatoms. The molecule has 2 N–H and O–H groups in total. The van der Waals surface area contributed by atoms with Crippen molar-refractivity contribution in [2.24, 2.45) is 5.92 Å². The molecule has 7 nitrogen and oxygen atoms in total. The van der Waals surface area contributed by atoms with E-state index in [1.165, 1.54) is 11.6 Å². The van der Waals surface area contributed by atoms with Gasteiger partial charge in [-0.3, -0.25) is 14.5 Å². The molecule has 0 unspecified atom stereocenters. The van der Waals surface area contributed by atoms with Crippen molar-refractivity contribution in [3.8, 4) is 0 Å². The van der Waals surface area contributed by atoms with Gasteiger partial charge in [0.1, 0.15) is 0 Å². The number of hydrogen-bond acceptors (Lipinski definition) is 5. The van der Waals surface area contributed by atoms with Gasteiger partial charge in [-0.15, -0.1) is 0 Å². The zero-order valence-electron chi connectivity index (χ0n) is 24.3. The van der Waals surface area contributed by atoms with Crippen LogP contribution in [0.4, 0.5) is 11.4 Å². The van der Waals surface area contributed by atoms with Gasteiger partial charge in [0.25, 0.3) is 5.91 Å². The minimum atomic E-state index is -0.231. The largest absolute Gasteiger partial charge is 0.379 e. The molecule has 0 bridgehead atoms. The third-order valence-electron chi connectivity index (χ3n) is 8.10. The summed E-state index contributed by atoms with van der Waals surface area (Å²) in [6, 6.07) is 26.1. The number of carbonyl (C=O) groups excluding carboxylic acids is 2. The molecule has 0 aliphatic carbocycles. The van der Waals surface area contributed by atoms with Crippen LogP contribution in [0.15, 0.2) is 84.9 Å². The lowest BCUT2D eigenvalue weighted by Gasteiger charge is -2.35. The monoisotopic (exact) mass is 566 g/mol. The number of hydrogen-bond donors (Lipinski definition) is 2. The fourth-order valence-electron chi connectivity index (χ4n) is 5.74. The molecule has 2 fully saturated rings. The molecule has 2 heterocycles. The van der Waals surface area contributed by atoms with Crippen molar-refractivity contribution < 1.29 is 14.3 Å². The summed E-state index contributed by atoms with van der Waals surface area (Å²) < 4.78 is 5.44. The van der Waals surface area contributed by atoms with Gasteiger partial charge in [0.2, 0.25) is 5.91 Å². The lowest BCUT2D eigenvalue weighted by atomic mass is 9.89. The number of amides is 2. The highest BCUT2D eigenvalue weighted by atomic mass is 16.5. The summed E-state index contributed by atoms with van der Waals surface area (Å²) in [5, 5.41) is 6.08. The number of nitrogens with one attached hydrogen (secondary N) is 2. The van der Waals surface area contributed by atoms with Crippen molar-refractivity contribution in [2.75, 3.05) is 62.7 Å². The molecule has 0 saturated carbocycles. The zero-order chi connectivity index (χ0) is 29.0. The van der Waals surface area contributed by atoms with Crippen LogP contribution >= 0.6 is 0 Å². The molecular formula is C35H42N4O3. The summed E-state index contributed by atoms with van der Waals surface area (Å²) in [6.07, 6.45) is 7.44. The summed E-state index contributed by atoms with van der Waals surface area (Å²) in [7, 11) is 0. The predicted molar refractivity (Wildman–Crippen MR) is 170 cm³/mol. The molecule has 5 rings (SSSR count). The van der Waals surface area contributed by atoms with E-state index in [2.05, 4.69) is 50.8 Å². The Morgan fingerprint density at radius 3 is 2.33 bits per heavy atom. The molecular weight excluding hydrogens is 524 g/mol. The third kappa shape index (κ3) is 8.78. The number of carbonyl (C=O) groups is 2. The van der Waals surface area contributed by atoms with Crippen LogP contribution in [0.1, 0.15) is 40.7 Å². The minimum Gasteiger partial charge on any atom is -0.379 e. The lowest BCUT2D eigenvalue weighted by Crippen LogP contribution is -2.38. The number of rotatable bonds is 11. The Morgan fingerprint density at radius 2 is 1.60 bits per heavy atom. The van der Waals surface area contributed by atoms with Crippen LogP contribution in [0.5, 0.6) is 0 Å². The number of benzene rings is 3. The summed E-state index contributed by atoms with van der Waals surface area (Å²) >= 11 is 0. The van der Waals surface area contributed by atoms with Gasteiger partial charge < -0.3 is 20.3 Å². The molecule has 0 aromatic heterocycles. The first kappa shape index (κ1) is 29.5. The van der Waals surface area contributed by atoms with E-state index in [4.69, 9.17) is 4.74 Å². The first-order chi connectivity index (χ1) is 20.6. The van der Waals surface area contributed by atoms with E-state index in [9.17, 15) is 9.59 Å². The molecule has 2 aliphatic rings. The van der Waals surface area contributed by atoms with Gasteiger partial charge in [-0.25, -0.2) is 0 Å². The van der Waals surface area contributed by atoms with Gasteiger partial charge in [0.15, 0.2) is 0 Å². The molecule has 220 valence electrons. The van der Waals surface area contributed by atoms with Crippen LogP contribution in [-0.2, 0) is 16.0 Å². The summed E-state index contributed by atoms with van der Waals surface area (Å²) in [5.41, 5.74) is 4.48. The van der Waals surface area contributed by atoms with Crippen LogP contribution in [0.25, 0.3) is 6.08 Å². The normalized spacial score (nSPS) is 16.4. The number of anilines is 2. The molecule has 2 amide bonds. The van der Waals surface area contributed by atoms with Crippen LogP contribution in [0.2, 0.25) is 0 Å². The average molecular weight is 567 g/mol. The summed E-state index contributed by atoms with van der Waals surface area (Å²) in [5.74, 6) is 0.301. The smallest absolute Gasteiger partial charge is 0.253 e. The SMILES string of the molecule is O=C(/C=C/c1ccccc1)Nc1ccc(N2CCC(Cc3ccccc3)CC2)c(C(=O)NCCCN2CCOCC2)c1. The zero-order valence-corrected chi connectivity index (χ0v) is 24.3. The van der Waals surface area contributed by atoms with Crippen LogP contribution in [-0.4, -0.2) is 69.2 Å². The predicted octanol–water partition coefficient (Wildman–Crippen LogP) is 5.25.